The molecule has 0 saturated heterocycles. The SMILES string of the molecule is CN=C(NCC(=O)Nc1ccc(F)cc1)NC(C)c1ccc(OCC2CC2)c(F)c1. The molecule has 1 amide bonds. The number of aliphatic imine (C=N–C) groups is 1. The van der Waals surface area contributed by atoms with Gasteiger partial charge in [-0.1, -0.05) is 6.07 Å². The van der Waals surface area contributed by atoms with Crippen LogP contribution in [0.25, 0.3) is 0 Å². The summed E-state index contributed by atoms with van der Waals surface area (Å²) in [5.74, 6) is 0.135. The molecule has 0 heterocycles. The van der Waals surface area contributed by atoms with Gasteiger partial charge in [-0.15, -0.1) is 0 Å². The minimum atomic E-state index is -0.400. The van der Waals surface area contributed by atoms with Crippen LogP contribution in [0, 0.1) is 17.6 Å². The summed E-state index contributed by atoms with van der Waals surface area (Å²) < 4.78 is 32.8. The smallest absolute Gasteiger partial charge is 0.243 e. The zero-order valence-electron chi connectivity index (χ0n) is 17.0. The van der Waals surface area contributed by atoms with Gasteiger partial charge >= 0.3 is 0 Å². The summed E-state index contributed by atoms with van der Waals surface area (Å²) in [7, 11) is 1.58. The number of amides is 1. The molecule has 6 nitrogen and oxygen atoms in total. The van der Waals surface area contributed by atoms with E-state index in [1.54, 1.807) is 19.2 Å². The monoisotopic (exact) mass is 416 g/mol. The van der Waals surface area contributed by atoms with Gasteiger partial charge in [0.2, 0.25) is 5.91 Å². The van der Waals surface area contributed by atoms with Crippen molar-refractivity contribution in [1.29, 1.82) is 0 Å². The first-order valence-electron chi connectivity index (χ1n) is 9.89. The van der Waals surface area contributed by atoms with Gasteiger partial charge in [0.1, 0.15) is 5.82 Å². The number of ether oxygens (including phenoxy) is 1. The average molecular weight is 416 g/mol. The number of nitrogens with zero attached hydrogens (tertiary/aromatic N) is 1. The molecule has 160 valence electrons. The lowest BCUT2D eigenvalue weighted by Crippen LogP contribution is -2.42. The summed E-state index contributed by atoms with van der Waals surface area (Å²) >= 11 is 0. The summed E-state index contributed by atoms with van der Waals surface area (Å²) in [6.07, 6.45) is 2.30. The van der Waals surface area contributed by atoms with Gasteiger partial charge in [-0.25, -0.2) is 8.78 Å². The highest BCUT2D eigenvalue weighted by atomic mass is 19.1. The van der Waals surface area contributed by atoms with E-state index in [2.05, 4.69) is 20.9 Å². The normalized spacial score (nSPS) is 14.7. The van der Waals surface area contributed by atoms with Crippen molar-refractivity contribution in [3.05, 3.63) is 59.7 Å². The molecule has 1 atom stereocenters. The molecule has 1 saturated carbocycles. The van der Waals surface area contributed by atoms with Gasteiger partial charge in [-0.2, -0.15) is 0 Å². The van der Waals surface area contributed by atoms with Gasteiger partial charge < -0.3 is 20.7 Å². The summed E-state index contributed by atoms with van der Waals surface area (Å²) in [5.41, 5.74) is 1.23. The summed E-state index contributed by atoms with van der Waals surface area (Å²) in [4.78, 5) is 16.1. The lowest BCUT2D eigenvalue weighted by atomic mass is 10.1. The van der Waals surface area contributed by atoms with Crippen LogP contribution < -0.4 is 20.7 Å². The molecule has 30 heavy (non-hydrogen) atoms. The van der Waals surface area contributed by atoms with Gasteiger partial charge in [0, 0.05) is 12.7 Å². The summed E-state index contributed by atoms with van der Waals surface area (Å²) in [6.45, 7) is 2.39. The molecule has 0 aliphatic heterocycles. The van der Waals surface area contributed by atoms with Crippen LogP contribution in [-0.2, 0) is 4.79 Å². The Bertz CT molecular complexity index is 899. The van der Waals surface area contributed by atoms with E-state index in [1.807, 2.05) is 6.92 Å². The highest BCUT2D eigenvalue weighted by Gasteiger charge is 2.22. The first-order valence-corrected chi connectivity index (χ1v) is 9.89. The molecule has 0 aromatic heterocycles. The number of rotatable bonds is 8. The van der Waals surface area contributed by atoms with Crippen molar-refractivity contribution in [3.8, 4) is 5.75 Å². The van der Waals surface area contributed by atoms with Gasteiger partial charge in [0.05, 0.1) is 19.2 Å². The molecule has 0 radical (unpaired) electrons. The largest absolute Gasteiger partial charge is 0.490 e. The van der Waals surface area contributed by atoms with Gasteiger partial charge in [0.25, 0.3) is 0 Å². The van der Waals surface area contributed by atoms with E-state index in [9.17, 15) is 13.6 Å². The molecule has 0 spiro atoms. The Balaban J connectivity index is 1.48. The Labute approximate surface area is 174 Å². The van der Waals surface area contributed by atoms with Crippen molar-refractivity contribution >= 4 is 17.6 Å². The van der Waals surface area contributed by atoms with Crippen LogP contribution in [-0.4, -0.2) is 32.1 Å². The molecule has 1 aliphatic rings. The number of carbonyl (C=O) groups is 1. The topological polar surface area (TPSA) is 74.8 Å². The van der Waals surface area contributed by atoms with Crippen LogP contribution in [0.4, 0.5) is 14.5 Å². The minimum absolute atomic E-state index is 0.0356. The number of halogens is 2. The lowest BCUT2D eigenvalue weighted by Gasteiger charge is -2.19. The predicted molar refractivity (Wildman–Crippen MR) is 113 cm³/mol. The van der Waals surface area contributed by atoms with Crippen LogP contribution >= 0.6 is 0 Å². The van der Waals surface area contributed by atoms with Gasteiger partial charge in [-0.3, -0.25) is 9.79 Å². The van der Waals surface area contributed by atoms with E-state index in [1.165, 1.54) is 30.3 Å². The van der Waals surface area contributed by atoms with Crippen molar-refractivity contribution in [2.45, 2.75) is 25.8 Å². The molecular weight excluding hydrogens is 390 g/mol. The fourth-order valence-electron chi connectivity index (χ4n) is 2.78. The van der Waals surface area contributed by atoms with Crippen molar-refractivity contribution in [3.63, 3.8) is 0 Å². The van der Waals surface area contributed by atoms with Crippen molar-refractivity contribution < 1.29 is 18.3 Å². The Morgan fingerprint density at radius 1 is 1.20 bits per heavy atom. The maximum absolute atomic E-state index is 14.3. The van der Waals surface area contributed by atoms with Crippen LogP contribution in [0.1, 0.15) is 31.4 Å². The van der Waals surface area contributed by atoms with Crippen molar-refractivity contribution in [2.24, 2.45) is 10.9 Å². The Hall–Kier alpha value is -3.16. The van der Waals surface area contributed by atoms with Gasteiger partial charge in [-0.05, 0) is 67.6 Å². The van der Waals surface area contributed by atoms with E-state index < -0.39 is 5.82 Å². The zero-order valence-corrected chi connectivity index (χ0v) is 17.0. The highest BCUT2D eigenvalue weighted by Crippen LogP contribution is 2.30. The second-order valence-electron chi connectivity index (χ2n) is 7.29. The lowest BCUT2D eigenvalue weighted by molar-refractivity contribution is -0.115. The Morgan fingerprint density at radius 2 is 1.93 bits per heavy atom. The van der Waals surface area contributed by atoms with Crippen molar-refractivity contribution in [1.82, 2.24) is 10.6 Å². The fraction of sp³-hybridized carbons (Fsp3) is 0.364. The quantitative estimate of drug-likeness (QED) is 0.454. The van der Waals surface area contributed by atoms with E-state index in [0.29, 0.717) is 24.2 Å². The third-order valence-electron chi connectivity index (χ3n) is 4.75. The fourth-order valence-corrected chi connectivity index (χ4v) is 2.78. The summed E-state index contributed by atoms with van der Waals surface area (Å²) in [6, 6.07) is 10.1. The molecule has 3 N–H and O–H groups in total. The second-order valence-corrected chi connectivity index (χ2v) is 7.29. The first kappa shape index (κ1) is 21.5. The predicted octanol–water partition coefficient (Wildman–Crippen LogP) is 3.62. The molecule has 2 aromatic rings. The Morgan fingerprint density at radius 3 is 2.57 bits per heavy atom. The van der Waals surface area contributed by atoms with E-state index >= 15 is 0 Å². The Kier molecular flexibility index (Phi) is 7.21. The second kappa shape index (κ2) is 10.0. The average Bonchev–Trinajstić information content (AvgIpc) is 3.56. The number of guanidine groups is 1. The number of carbonyl (C=O) groups excluding carboxylic acids is 1. The number of anilines is 1. The van der Waals surface area contributed by atoms with E-state index in [-0.39, 0.29) is 30.1 Å². The third kappa shape index (κ3) is 6.43. The number of hydrogen-bond acceptors (Lipinski definition) is 3. The van der Waals surface area contributed by atoms with Crippen LogP contribution in [0.2, 0.25) is 0 Å². The third-order valence-corrected chi connectivity index (χ3v) is 4.75. The molecule has 1 fully saturated rings. The van der Waals surface area contributed by atoms with Crippen LogP contribution in [0.15, 0.2) is 47.5 Å². The molecule has 1 aliphatic carbocycles. The molecule has 8 heteroatoms. The molecule has 0 bridgehead atoms. The minimum Gasteiger partial charge on any atom is -0.490 e. The van der Waals surface area contributed by atoms with E-state index in [4.69, 9.17) is 4.74 Å². The van der Waals surface area contributed by atoms with E-state index in [0.717, 1.165) is 18.4 Å². The number of nitrogens with one attached hydrogen (secondary N) is 3. The van der Waals surface area contributed by atoms with Crippen LogP contribution in [0.3, 0.4) is 0 Å². The van der Waals surface area contributed by atoms with Crippen molar-refractivity contribution in [2.75, 3.05) is 25.5 Å². The molecule has 2 aromatic carbocycles. The van der Waals surface area contributed by atoms with Crippen LogP contribution in [0.5, 0.6) is 5.75 Å². The molecule has 1 unspecified atom stereocenters. The maximum atomic E-state index is 14.3. The standard InChI is InChI=1S/C22H26F2N4O2/c1-14(16-5-10-20(19(24)11-16)30-13-15-3-4-15)27-22(25-2)26-12-21(29)28-18-8-6-17(23)7-9-18/h5-11,14-15H,3-4,12-13H2,1-2H3,(H,28,29)(H2,25,26,27). The number of benzene rings is 2. The zero-order chi connectivity index (χ0) is 21.5. The van der Waals surface area contributed by atoms with Gasteiger partial charge in [0.15, 0.2) is 17.5 Å². The maximum Gasteiger partial charge on any atom is 0.243 e. The molecule has 3 rings (SSSR count). The highest BCUT2D eigenvalue weighted by molar-refractivity contribution is 5.95. The first-order chi connectivity index (χ1) is 14.4. The summed E-state index contributed by atoms with van der Waals surface area (Å²) in [5, 5.41) is 8.68. The number of hydrogen-bond donors (Lipinski definition) is 3. The molecular formula is C22H26F2N4O2.